The van der Waals surface area contributed by atoms with Crippen molar-refractivity contribution in [2.24, 2.45) is 14.1 Å². The molecule has 0 radical (unpaired) electrons. The summed E-state index contributed by atoms with van der Waals surface area (Å²) in [6, 6.07) is 3.75. The second-order valence-electron chi connectivity index (χ2n) is 8.82. The average molecular weight is 460 g/mol. The predicted molar refractivity (Wildman–Crippen MR) is 126 cm³/mol. The number of aryl methyl sites for hydroxylation is 2. The van der Waals surface area contributed by atoms with Crippen LogP contribution in [0.4, 0.5) is 0 Å². The van der Waals surface area contributed by atoms with Crippen LogP contribution in [0.2, 0.25) is 0 Å². The van der Waals surface area contributed by atoms with E-state index in [0.29, 0.717) is 34.5 Å². The molecule has 0 aliphatic carbocycles. The second kappa shape index (κ2) is 7.91. The van der Waals surface area contributed by atoms with Gasteiger partial charge >= 0.3 is 5.69 Å². The molecule has 1 saturated heterocycles. The molecule has 2 atom stereocenters. The molecule has 1 unspecified atom stereocenters. The van der Waals surface area contributed by atoms with E-state index in [1.807, 2.05) is 38.6 Å². The van der Waals surface area contributed by atoms with Gasteiger partial charge in [0.2, 0.25) is 0 Å². The monoisotopic (exact) mass is 459 g/mol. The highest BCUT2D eigenvalue weighted by Gasteiger charge is 2.29. The molecule has 5 aromatic rings. The van der Waals surface area contributed by atoms with Crippen molar-refractivity contribution in [1.29, 1.82) is 0 Å². The summed E-state index contributed by atoms with van der Waals surface area (Å²) in [7, 11) is 3.70. The molecule has 0 saturated carbocycles. The van der Waals surface area contributed by atoms with Gasteiger partial charge < -0.3 is 9.15 Å². The van der Waals surface area contributed by atoms with Crippen molar-refractivity contribution in [3.63, 3.8) is 0 Å². The van der Waals surface area contributed by atoms with Crippen LogP contribution in [-0.4, -0.2) is 46.8 Å². The molecule has 5 aromatic heterocycles. The van der Waals surface area contributed by atoms with E-state index in [-0.39, 0.29) is 17.8 Å². The molecule has 0 N–H and O–H groups in total. The van der Waals surface area contributed by atoms with Gasteiger partial charge in [0.25, 0.3) is 0 Å². The first-order valence-electron chi connectivity index (χ1n) is 11.5. The predicted octanol–water partition coefficient (Wildman–Crippen LogP) is 3.47. The van der Waals surface area contributed by atoms with Gasteiger partial charge in [-0.1, -0.05) is 6.92 Å². The fourth-order valence-electron chi connectivity index (χ4n) is 4.82. The van der Waals surface area contributed by atoms with Crippen LogP contribution < -0.4 is 5.69 Å². The number of nitrogens with zero attached hydrogens (tertiary/aromatic N) is 7. The van der Waals surface area contributed by atoms with Gasteiger partial charge in [0, 0.05) is 50.3 Å². The fraction of sp³-hybridized carbons (Fsp3) is 0.375. The molecule has 10 nitrogen and oxygen atoms in total. The van der Waals surface area contributed by atoms with Crippen LogP contribution >= 0.6 is 0 Å². The summed E-state index contributed by atoms with van der Waals surface area (Å²) < 4.78 is 17.4. The minimum atomic E-state index is -0.315. The first-order valence-corrected chi connectivity index (χ1v) is 11.5. The molecule has 6 heterocycles. The molecular formula is C24H25N7O3. The first kappa shape index (κ1) is 20.8. The third kappa shape index (κ3) is 3.33. The first-order chi connectivity index (χ1) is 16.5. The van der Waals surface area contributed by atoms with Gasteiger partial charge in [0.1, 0.15) is 16.7 Å². The van der Waals surface area contributed by atoms with Gasteiger partial charge in [0.05, 0.1) is 24.2 Å². The molecule has 0 aromatic carbocycles. The number of furan rings is 1. The summed E-state index contributed by atoms with van der Waals surface area (Å²) in [5.41, 5.74) is 5.00. The van der Waals surface area contributed by atoms with Crippen LogP contribution in [-0.2, 0) is 18.8 Å². The number of hydrogen-bond acceptors (Lipinski definition) is 7. The van der Waals surface area contributed by atoms with Gasteiger partial charge in [-0.05, 0) is 31.4 Å². The van der Waals surface area contributed by atoms with Crippen molar-refractivity contribution < 1.29 is 9.15 Å². The Bertz CT molecular complexity index is 1570. The van der Waals surface area contributed by atoms with Gasteiger partial charge in [-0.2, -0.15) is 15.2 Å². The summed E-state index contributed by atoms with van der Waals surface area (Å²) in [6.45, 7) is 2.70. The van der Waals surface area contributed by atoms with Crippen molar-refractivity contribution in [3.05, 3.63) is 47.4 Å². The molecule has 1 aliphatic rings. The van der Waals surface area contributed by atoms with Gasteiger partial charge in [-0.3, -0.25) is 13.9 Å². The lowest BCUT2D eigenvalue weighted by molar-refractivity contribution is -0.00710. The Labute approximate surface area is 194 Å². The fourth-order valence-corrected chi connectivity index (χ4v) is 4.82. The zero-order chi connectivity index (χ0) is 23.4. The Kier molecular flexibility index (Phi) is 4.84. The molecule has 10 heteroatoms. The van der Waals surface area contributed by atoms with E-state index in [1.54, 1.807) is 26.3 Å². The van der Waals surface area contributed by atoms with E-state index in [9.17, 15) is 4.79 Å². The number of fused-ring (bicyclic) bond motifs is 3. The minimum Gasteiger partial charge on any atom is -0.450 e. The van der Waals surface area contributed by atoms with E-state index >= 15 is 0 Å². The SMILES string of the molecule is CC[C@H]1CC(n2c(=O)nc(-c3cnn(C)c3)c3oc4ccc(-c5cnn(C)c5)nc4c32)CCO1. The smallest absolute Gasteiger partial charge is 0.349 e. The van der Waals surface area contributed by atoms with E-state index in [2.05, 4.69) is 22.1 Å². The van der Waals surface area contributed by atoms with E-state index in [4.69, 9.17) is 14.1 Å². The van der Waals surface area contributed by atoms with Crippen molar-refractivity contribution in [1.82, 2.24) is 34.1 Å². The number of ether oxygens (including phenoxy) is 1. The summed E-state index contributed by atoms with van der Waals surface area (Å²) in [5, 5.41) is 8.52. The standard InChI is InChI=1S/C24H25N7O3/c1-4-17-9-16(7-8-33-17)31-22-21-19(6-5-18(27-21)14-10-25-29(2)12-14)34-23(22)20(28-24(31)32)15-11-26-30(3)13-15/h5-6,10-13,16-17H,4,7-9H2,1-3H3/t16?,17-/m0/s1. The highest BCUT2D eigenvalue weighted by atomic mass is 16.5. The quantitative estimate of drug-likeness (QED) is 0.405. The molecule has 0 spiro atoms. The van der Waals surface area contributed by atoms with E-state index in [0.717, 1.165) is 36.1 Å². The average Bonchev–Trinajstić information content (AvgIpc) is 3.57. The number of rotatable bonds is 4. The molecule has 1 fully saturated rings. The Balaban J connectivity index is 1.65. The summed E-state index contributed by atoms with van der Waals surface area (Å²) in [4.78, 5) is 22.9. The molecule has 0 bridgehead atoms. The third-order valence-corrected chi connectivity index (χ3v) is 6.52. The maximum atomic E-state index is 13.5. The highest BCUT2D eigenvalue weighted by Crippen LogP contribution is 2.37. The zero-order valence-corrected chi connectivity index (χ0v) is 19.3. The molecule has 1 aliphatic heterocycles. The van der Waals surface area contributed by atoms with Crippen LogP contribution in [0.5, 0.6) is 0 Å². The topological polar surface area (TPSA) is 106 Å². The van der Waals surface area contributed by atoms with Crippen molar-refractivity contribution in [2.75, 3.05) is 6.61 Å². The van der Waals surface area contributed by atoms with Crippen molar-refractivity contribution >= 4 is 22.2 Å². The van der Waals surface area contributed by atoms with Crippen molar-refractivity contribution in [2.45, 2.75) is 38.3 Å². The summed E-state index contributed by atoms with van der Waals surface area (Å²) in [6.07, 6.45) is 9.68. The molecular weight excluding hydrogens is 434 g/mol. The van der Waals surface area contributed by atoms with Crippen LogP contribution in [0.1, 0.15) is 32.2 Å². The lowest BCUT2D eigenvalue weighted by atomic mass is 10.0. The zero-order valence-electron chi connectivity index (χ0n) is 19.3. The Morgan fingerprint density at radius 1 is 1.06 bits per heavy atom. The normalized spacial score (nSPS) is 18.8. The van der Waals surface area contributed by atoms with Gasteiger partial charge in [-0.25, -0.2) is 9.78 Å². The lowest BCUT2D eigenvalue weighted by Crippen LogP contribution is -2.34. The Morgan fingerprint density at radius 3 is 2.53 bits per heavy atom. The maximum absolute atomic E-state index is 13.5. The molecule has 174 valence electrons. The number of aromatic nitrogens is 7. The van der Waals surface area contributed by atoms with Gasteiger partial charge in [0.15, 0.2) is 11.2 Å². The van der Waals surface area contributed by atoms with Crippen LogP contribution in [0.15, 0.2) is 46.1 Å². The number of hydrogen-bond donors (Lipinski definition) is 0. The lowest BCUT2D eigenvalue weighted by Gasteiger charge is -2.30. The van der Waals surface area contributed by atoms with Gasteiger partial charge in [-0.15, -0.1) is 0 Å². The van der Waals surface area contributed by atoms with Crippen LogP contribution in [0.25, 0.3) is 44.7 Å². The summed E-state index contributed by atoms with van der Waals surface area (Å²) in [5.74, 6) is 0. The number of pyridine rings is 1. The molecule has 6 rings (SSSR count). The molecule has 34 heavy (non-hydrogen) atoms. The highest BCUT2D eigenvalue weighted by molar-refractivity contribution is 6.05. The Hall–Kier alpha value is -3.79. The minimum absolute atomic E-state index is 0.0474. The molecule has 0 amide bonds. The second-order valence-corrected chi connectivity index (χ2v) is 8.82. The summed E-state index contributed by atoms with van der Waals surface area (Å²) >= 11 is 0. The van der Waals surface area contributed by atoms with E-state index in [1.165, 1.54) is 0 Å². The van der Waals surface area contributed by atoms with Crippen molar-refractivity contribution in [3.8, 4) is 22.5 Å². The maximum Gasteiger partial charge on any atom is 0.349 e. The Morgan fingerprint density at radius 2 is 1.82 bits per heavy atom. The van der Waals surface area contributed by atoms with E-state index < -0.39 is 0 Å². The third-order valence-electron chi connectivity index (χ3n) is 6.52. The van der Waals surface area contributed by atoms with Crippen LogP contribution in [0, 0.1) is 0 Å². The largest absolute Gasteiger partial charge is 0.450 e. The van der Waals surface area contributed by atoms with Crippen LogP contribution in [0.3, 0.4) is 0 Å².